The van der Waals surface area contributed by atoms with E-state index in [-0.39, 0.29) is 11.8 Å². The third kappa shape index (κ3) is 4.78. The molecule has 2 rings (SSSR count). The number of carbonyl (C=O) groups excluding carboxylic acids is 1. The van der Waals surface area contributed by atoms with Gasteiger partial charge in [0.2, 0.25) is 11.8 Å². The van der Waals surface area contributed by atoms with E-state index in [2.05, 4.69) is 15.0 Å². The summed E-state index contributed by atoms with van der Waals surface area (Å²) < 4.78 is 40.6. The van der Waals surface area contributed by atoms with Crippen LogP contribution in [0.5, 0.6) is 5.88 Å². The highest BCUT2D eigenvalue weighted by Crippen LogP contribution is 2.18. The number of ether oxygens (including phenoxy) is 1. The third-order valence-electron chi connectivity index (χ3n) is 3.29. The van der Waals surface area contributed by atoms with Gasteiger partial charge in [-0.25, -0.2) is 4.98 Å². The normalized spacial score (nSPS) is 16.5. The minimum Gasteiger partial charge on any atom is -0.468 e. The van der Waals surface area contributed by atoms with Gasteiger partial charge in [0, 0.05) is 19.2 Å². The van der Waals surface area contributed by atoms with Crippen LogP contribution in [0.3, 0.4) is 0 Å². The van der Waals surface area contributed by atoms with E-state index in [0.717, 1.165) is 25.9 Å². The maximum absolute atomic E-state index is 12.1. The van der Waals surface area contributed by atoms with Gasteiger partial charge in [0.25, 0.3) is 0 Å². The van der Waals surface area contributed by atoms with Gasteiger partial charge in [-0.2, -0.15) is 13.2 Å². The number of hydrogen-bond donors (Lipinski definition) is 1. The number of halogens is 3. The summed E-state index contributed by atoms with van der Waals surface area (Å²) in [7, 11) is 0. The molecule has 1 aromatic heterocycles. The molecule has 8 heteroatoms. The van der Waals surface area contributed by atoms with Gasteiger partial charge in [-0.15, -0.1) is 0 Å². The molecule has 1 amide bonds. The minimum atomic E-state index is -4.39. The van der Waals surface area contributed by atoms with Crippen molar-refractivity contribution in [2.24, 2.45) is 0 Å². The van der Waals surface area contributed by atoms with Gasteiger partial charge >= 0.3 is 6.18 Å². The fourth-order valence-corrected chi connectivity index (χ4v) is 2.23. The van der Waals surface area contributed by atoms with E-state index in [1.165, 1.54) is 18.3 Å². The number of hydrogen-bond acceptors (Lipinski definition) is 4. The Morgan fingerprint density at radius 2 is 2.09 bits per heavy atom. The summed E-state index contributed by atoms with van der Waals surface area (Å²) in [5.41, 5.74) is 0.555. The molecule has 1 unspecified atom stereocenters. The molecule has 1 N–H and O–H groups in total. The number of nitrogens with zero attached hydrogens (tertiary/aromatic N) is 2. The van der Waals surface area contributed by atoms with E-state index in [9.17, 15) is 18.0 Å². The number of likely N-dealkylation sites (tertiary alicyclic amines) is 1. The first-order valence-corrected chi connectivity index (χ1v) is 7.06. The lowest BCUT2D eigenvalue weighted by molar-refractivity contribution is -0.154. The predicted molar refractivity (Wildman–Crippen MR) is 74.7 cm³/mol. The lowest BCUT2D eigenvalue weighted by Gasteiger charge is -2.21. The molecule has 122 valence electrons. The van der Waals surface area contributed by atoms with E-state index in [4.69, 9.17) is 0 Å². The van der Waals surface area contributed by atoms with Crippen LogP contribution in [0.1, 0.15) is 19.8 Å². The van der Waals surface area contributed by atoms with Crippen LogP contribution in [-0.2, 0) is 4.79 Å². The fourth-order valence-electron chi connectivity index (χ4n) is 2.23. The van der Waals surface area contributed by atoms with Gasteiger partial charge in [-0.1, -0.05) is 0 Å². The number of rotatable bonds is 5. The van der Waals surface area contributed by atoms with Gasteiger partial charge in [0.1, 0.15) is 6.04 Å². The maximum atomic E-state index is 12.1. The topological polar surface area (TPSA) is 54.5 Å². The van der Waals surface area contributed by atoms with Crippen molar-refractivity contribution < 1.29 is 22.7 Å². The van der Waals surface area contributed by atoms with Gasteiger partial charge in [0.15, 0.2) is 6.61 Å². The van der Waals surface area contributed by atoms with Gasteiger partial charge in [0.05, 0.1) is 11.9 Å². The summed E-state index contributed by atoms with van der Waals surface area (Å²) in [6.07, 6.45) is -1.01. The number of alkyl halides is 3. The molecule has 2 heterocycles. The van der Waals surface area contributed by atoms with Crippen LogP contribution in [0.25, 0.3) is 0 Å². The van der Waals surface area contributed by atoms with Crippen molar-refractivity contribution in [1.29, 1.82) is 0 Å². The van der Waals surface area contributed by atoms with E-state index in [1.54, 1.807) is 11.8 Å². The smallest absolute Gasteiger partial charge is 0.422 e. The highest BCUT2D eigenvalue weighted by Gasteiger charge is 2.28. The van der Waals surface area contributed by atoms with Gasteiger partial charge in [-0.3, -0.25) is 4.79 Å². The van der Waals surface area contributed by atoms with Crippen LogP contribution < -0.4 is 10.1 Å². The molecule has 0 saturated carbocycles. The second kappa shape index (κ2) is 6.85. The zero-order chi connectivity index (χ0) is 16.2. The van der Waals surface area contributed by atoms with Crippen LogP contribution in [0.15, 0.2) is 18.3 Å². The van der Waals surface area contributed by atoms with E-state index in [0.29, 0.717) is 5.69 Å². The monoisotopic (exact) mass is 317 g/mol. The lowest BCUT2D eigenvalue weighted by Crippen LogP contribution is -2.39. The second-order valence-corrected chi connectivity index (χ2v) is 5.19. The van der Waals surface area contributed by atoms with E-state index in [1.807, 2.05) is 0 Å². The Kier molecular flexibility index (Phi) is 5.10. The molecule has 0 radical (unpaired) electrons. The van der Waals surface area contributed by atoms with E-state index < -0.39 is 18.8 Å². The first-order chi connectivity index (χ1) is 10.3. The SMILES string of the molecule is CC(Nc1ccc(OCC(F)(F)F)nc1)C(=O)N1CCCC1. The standard InChI is InChI=1S/C14H18F3N3O2/c1-10(13(21)20-6-2-3-7-20)19-11-4-5-12(18-8-11)22-9-14(15,16)17/h4-5,8,10,19H,2-3,6-7,9H2,1H3. The number of nitrogens with one attached hydrogen (secondary N) is 1. The van der Waals surface area contributed by atoms with Crippen LogP contribution in [-0.4, -0.2) is 47.7 Å². The van der Waals surface area contributed by atoms with Crippen LogP contribution in [0.4, 0.5) is 18.9 Å². The molecule has 1 aliphatic heterocycles. The highest BCUT2D eigenvalue weighted by molar-refractivity contribution is 5.84. The first-order valence-electron chi connectivity index (χ1n) is 7.06. The molecule has 1 atom stereocenters. The van der Waals surface area contributed by atoms with Gasteiger partial charge < -0.3 is 15.0 Å². The molecule has 5 nitrogen and oxygen atoms in total. The molecular weight excluding hydrogens is 299 g/mol. The van der Waals surface area contributed by atoms with Crippen molar-refractivity contribution in [1.82, 2.24) is 9.88 Å². The summed E-state index contributed by atoms with van der Waals surface area (Å²) in [6, 6.07) is 2.45. The number of pyridine rings is 1. The highest BCUT2D eigenvalue weighted by atomic mass is 19.4. The lowest BCUT2D eigenvalue weighted by atomic mass is 10.2. The summed E-state index contributed by atoms with van der Waals surface area (Å²) >= 11 is 0. The van der Waals surface area contributed by atoms with Crippen molar-refractivity contribution in [3.63, 3.8) is 0 Å². The van der Waals surface area contributed by atoms with Gasteiger partial charge in [-0.05, 0) is 25.8 Å². The number of carbonyl (C=O) groups is 1. The molecule has 0 aromatic carbocycles. The molecule has 0 spiro atoms. The molecule has 0 bridgehead atoms. The Balaban J connectivity index is 1.86. The molecule has 0 aliphatic carbocycles. The third-order valence-corrected chi connectivity index (χ3v) is 3.29. The summed E-state index contributed by atoms with van der Waals surface area (Å²) in [6.45, 7) is 1.91. The number of amides is 1. The van der Waals surface area contributed by atoms with Crippen LogP contribution in [0.2, 0.25) is 0 Å². The summed E-state index contributed by atoms with van der Waals surface area (Å²) in [5.74, 6) is -0.101. The van der Waals surface area contributed by atoms with Crippen molar-refractivity contribution in [3.8, 4) is 5.88 Å². The second-order valence-electron chi connectivity index (χ2n) is 5.19. The fraction of sp³-hybridized carbons (Fsp3) is 0.571. The minimum absolute atomic E-state index is 0.00916. The maximum Gasteiger partial charge on any atom is 0.422 e. The Bertz CT molecular complexity index is 499. The average Bonchev–Trinajstić information content (AvgIpc) is 2.99. The first kappa shape index (κ1) is 16.4. The van der Waals surface area contributed by atoms with Crippen molar-refractivity contribution in [3.05, 3.63) is 18.3 Å². The van der Waals surface area contributed by atoms with Crippen LogP contribution in [0, 0.1) is 0 Å². The molecule has 22 heavy (non-hydrogen) atoms. The number of anilines is 1. The average molecular weight is 317 g/mol. The van der Waals surface area contributed by atoms with Crippen LogP contribution >= 0.6 is 0 Å². The van der Waals surface area contributed by atoms with Crippen molar-refractivity contribution >= 4 is 11.6 Å². The Hall–Kier alpha value is -1.99. The zero-order valence-corrected chi connectivity index (χ0v) is 12.2. The zero-order valence-electron chi connectivity index (χ0n) is 12.2. The summed E-state index contributed by atoms with van der Waals surface area (Å²) in [4.78, 5) is 17.7. The molecular formula is C14H18F3N3O2. The number of aromatic nitrogens is 1. The van der Waals surface area contributed by atoms with Crippen molar-refractivity contribution in [2.45, 2.75) is 32.0 Å². The quantitative estimate of drug-likeness (QED) is 0.906. The Morgan fingerprint density at radius 1 is 1.41 bits per heavy atom. The van der Waals surface area contributed by atoms with Crippen molar-refractivity contribution in [2.75, 3.05) is 25.0 Å². The largest absolute Gasteiger partial charge is 0.468 e. The molecule has 1 aliphatic rings. The predicted octanol–water partition coefficient (Wildman–Crippen LogP) is 2.45. The van der Waals surface area contributed by atoms with E-state index >= 15 is 0 Å². The molecule has 1 fully saturated rings. The Labute approximate surface area is 126 Å². The molecule has 1 aromatic rings. The Morgan fingerprint density at radius 3 is 2.64 bits per heavy atom. The molecule has 1 saturated heterocycles. The summed E-state index contributed by atoms with van der Waals surface area (Å²) in [5, 5.41) is 2.99.